The maximum Gasteiger partial charge on any atom is 0.0964 e. The van der Waals surface area contributed by atoms with E-state index in [0.29, 0.717) is 16.7 Å². The van der Waals surface area contributed by atoms with E-state index in [1.807, 2.05) is 12.1 Å². The van der Waals surface area contributed by atoms with E-state index < -0.39 is 0 Å². The highest BCUT2D eigenvalue weighted by molar-refractivity contribution is 6.42. The first-order valence-electron chi connectivity index (χ1n) is 4.55. The molecule has 4 heteroatoms. The highest BCUT2D eigenvalue weighted by Crippen LogP contribution is 2.31. The predicted octanol–water partition coefficient (Wildman–Crippen LogP) is 2.65. The van der Waals surface area contributed by atoms with Crippen molar-refractivity contribution in [1.82, 2.24) is 5.32 Å². The van der Waals surface area contributed by atoms with Crippen LogP contribution in [0.15, 0.2) is 18.2 Å². The van der Waals surface area contributed by atoms with Crippen LogP contribution < -0.4 is 5.32 Å². The van der Waals surface area contributed by atoms with Gasteiger partial charge in [-0.1, -0.05) is 35.3 Å². The molecule has 2 nitrogen and oxygen atoms in total. The number of rotatable bonds is 1. The quantitative estimate of drug-likeness (QED) is 0.803. The molecule has 2 rings (SSSR count). The van der Waals surface area contributed by atoms with Crippen LogP contribution in [-0.4, -0.2) is 19.7 Å². The van der Waals surface area contributed by atoms with Crippen molar-refractivity contribution >= 4 is 23.2 Å². The SMILES string of the molecule is Clc1cccc(C2CNCCO2)c1Cl. The lowest BCUT2D eigenvalue weighted by Crippen LogP contribution is -2.33. The van der Waals surface area contributed by atoms with Gasteiger partial charge in [0.25, 0.3) is 0 Å². The Morgan fingerprint density at radius 2 is 2.21 bits per heavy atom. The lowest BCUT2D eigenvalue weighted by Gasteiger charge is -2.24. The van der Waals surface area contributed by atoms with Crippen molar-refractivity contribution in [3.8, 4) is 0 Å². The molecule has 0 radical (unpaired) electrons. The van der Waals surface area contributed by atoms with E-state index in [9.17, 15) is 0 Å². The summed E-state index contributed by atoms with van der Waals surface area (Å²) in [5.74, 6) is 0. The van der Waals surface area contributed by atoms with Gasteiger partial charge >= 0.3 is 0 Å². The van der Waals surface area contributed by atoms with Crippen LogP contribution in [0.1, 0.15) is 11.7 Å². The van der Waals surface area contributed by atoms with Crippen LogP contribution in [0.4, 0.5) is 0 Å². The molecule has 1 unspecified atom stereocenters. The van der Waals surface area contributed by atoms with Crippen molar-refractivity contribution in [1.29, 1.82) is 0 Å². The minimum Gasteiger partial charge on any atom is -0.371 e. The van der Waals surface area contributed by atoms with Crippen molar-refractivity contribution in [2.24, 2.45) is 0 Å². The van der Waals surface area contributed by atoms with E-state index >= 15 is 0 Å². The Balaban J connectivity index is 2.26. The average molecular weight is 232 g/mol. The fraction of sp³-hybridized carbons (Fsp3) is 0.400. The van der Waals surface area contributed by atoms with Gasteiger partial charge in [0.2, 0.25) is 0 Å². The van der Waals surface area contributed by atoms with Crippen LogP contribution in [0.5, 0.6) is 0 Å². The molecular formula is C10H11Cl2NO. The van der Waals surface area contributed by atoms with Crippen molar-refractivity contribution in [2.75, 3.05) is 19.7 Å². The zero-order chi connectivity index (χ0) is 9.97. The summed E-state index contributed by atoms with van der Waals surface area (Å²) in [7, 11) is 0. The second-order valence-corrected chi connectivity index (χ2v) is 3.99. The minimum atomic E-state index is 0.0231. The molecule has 0 bridgehead atoms. The number of hydrogen-bond donors (Lipinski definition) is 1. The van der Waals surface area contributed by atoms with Crippen molar-refractivity contribution in [3.05, 3.63) is 33.8 Å². The Labute approximate surface area is 93.2 Å². The van der Waals surface area contributed by atoms with Crippen LogP contribution in [0.3, 0.4) is 0 Å². The molecule has 14 heavy (non-hydrogen) atoms. The molecule has 0 saturated carbocycles. The smallest absolute Gasteiger partial charge is 0.0964 e. The molecule has 1 atom stereocenters. The van der Waals surface area contributed by atoms with Gasteiger partial charge in [-0.25, -0.2) is 0 Å². The molecule has 0 amide bonds. The van der Waals surface area contributed by atoms with Crippen LogP contribution >= 0.6 is 23.2 Å². The first-order valence-corrected chi connectivity index (χ1v) is 5.31. The van der Waals surface area contributed by atoms with E-state index in [1.54, 1.807) is 6.07 Å². The topological polar surface area (TPSA) is 21.3 Å². The molecule has 1 saturated heterocycles. The van der Waals surface area contributed by atoms with Crippen LogP contribution in [0, 0.1) is 0 Å². The molecule has 1 aromatic carbocycles. The summed E-state index contributed by atoms with van der Waals surface area (Å²) < 4.78 is 5.59. The summed E-state index contributed by atoms with van der Waals surface area (Å²) >= 11 is 12.0. The number of nitrogens with one attached hydrogen (secondary N) is 1. The van der Waals surface area contributed by atoms with Crippen LogP contribution in [0.25, 0.3) is 0 Å². The average Bonchev–Trinajstić information content (AvgIpc) is 2.23. The monoisotopic (exact) mass is 231 g/mol. The van der Waals surface area contributed by atoms with E-state index in [-0.39, 0.29) is 6.10 Å². The van der Waals surface area contributed by atoms with Gasteiger partial charge in [-0.15, -0.1) is 0 Å². The molecule has 1 N–H and O–H groups in total. The number of halogens is 2. The normalized spacial score (nSPS) is 22.3. The summed E-state index contributed by atoms with van der Waals surface area (Å²) in [6.45, 7) is 2.41. The lowest BCUT2D eigenvalue weighted by atomic mass is 10.1. The third-order valence-electron chi connectivity index (χ3n) is 2.26. The van der Waals surface area contributed by atoms with Gasteiger partial charge in [-0.2, -0.15) is 0 Å². The molecule has 0 aromatic heterocycles. The zero-order valence-electron chi connectivity index (χ0n) is 7.59. The van der Waals surface area contributed by atoms with Gasteiger partial charge in [0, 0.05) is 18.7 Å². The maximum atomic E-state index is 6.09. The predicted molar refractivity (Wildman–Crippen MR) is 58.0 cm³/mol. The van der Waals surface area contributed by atoms with Crippen LogP contribution in [-0.2, 0) is 4.74 Å². The summed E-state index contributed by atoms with van der Waals surface area (Å²) in [5.41, 5.74) is 0.964. The summed E-state index contributed by atoms with van der Waals surface area (Å²) in [4.78, 5) is 0. The second kappa shape index (κ2) is 4.49. The zero-order valence-corrected chi connectivity index (χ0v) is 9.11. The Kier molecular flexibility index (Phi) is 3.29. The summed E-state index contributed by atoms with van der Waals surface area (Å²) in [5, 5.41) is 4.43. The molecule has 76 valence electrons. The van der Waals surface area contributed by atoms with E-state index in [0.717, 1.165) is 18.7 Å². The van der Waals surface area contributed by atoms with E-state index in [1.165, 1.54) is 0 Å². The number of ether oxygens (including phenoxy) is 1. The van der Waals surface area contributed by atoms with Gasteiger partial charge in [0.1, 0.15) is 0 Å². The fourth-order valence-electron chi connectivity index (χ4n) is 1.53. The maximum absolute atomic E-state index is 6.09. The minimum absolute atomic E-state index is 0.0231. The lowest BCUT2D eigenvalue weighted by molar-refractivity contribution is 0.0278. The molecular weight excluding hydrogens is 221 g/mol. The van der Waals surface area contributed by atoms with Crippen molar-refractivity contribution < 1.29 is 4.74 Å². The first-order chi connectivity index (χ1) is 6.79. The van der Waals surface area contributed by atoms with Gasteiger partial charge in [-0.05, 0) is 6.07 Å². The van der Waals surface area contributed by atoms with E-state index in [2.05, 4.69) is 5.32 Å². The number of hydrogen-bond acceptors (Lipinski definition) is 2. The van der Waals surface area contributed by atoms with E-state index in [4.69, 9.17) is 27.9 Å². The highest BCUT2D eigenvalue weighted by atomic mass is 35.5. The van der Waals surface area contributed by atoms with Gasteiger partial charge in [-0.3, -0.25) is 0 Å². The Morgan fingerprint density at radius 1 is 1.36 bits per heavy atom. The molecule has 1 aliphatic heterocycles. The highest BCUT2D eigenvalue weighted by Gasteiger charge is 2.19. The molecule has 1 fully saturated rings. The number of morpholine rings is 1. The molecule has 0 aliphatic carbocycles. The standard InChI is InChI=1S/C10H11Cl2NO/c11-8-3-1-2-7(10(8)12)9-6-13-4-5-14-9/h1-3,9,13H,4-6H2. The van der Waals surface area contributed by atoms with Gasteiger partial charge < -0.3 is 10.1 Å². The molecule has 1 aliphatic rings. The first kappa shape index (κ1) is 10.2. The third kappa shape index (κ3) is 2.04. The van der Waals surface area contributed by atoms with Gasteiger partial charge in [0.05, 0.1) is 22.8 Å². The molecule has 1 heterocycles. The Bertz CT molecular complexity index is 324. The Hall–Kier alpha value is -0.280. The fourth-order valence-corrected chi connectivity index (χ4v) is 1.96. The number of benzene rings is 1. The third-order valence-corrected chi connectivity index (χ3v) is 3.09. The van der Waals surface area contributed by atoms with Crippen LogP contribution in [0.2, 0.25) is 10.0 Å². The second-order valence-electron chi connectivity index (χ2n) is 3.21. The summed E-state index contributed by atoms with van der Waals surface area (Å²) in [6, 6.07) is 5.62. The van der Waals surface area contributed by atoms with Gasteiger partial charge in [0.15, 0.2) is 0 Å². The van der Waals surface area contributed by atoms with Crippen molar-refractivity contribution in [2.45, 2.75) is 6.10 Å². The van der Waals surface area contributed by atoms with Crippen molar-refractivity contribution in [3.63, 3.8) is 0 Å². The largest absolute Gasteiger partial charge is 0.371 e. The molecule has 1 aromatic rings. The Morgan fingerprint density at radius 3 is 2.93 bits per heavy atom. The summed E-state index contributed by atoms with van der Waals surface area (Å²) in [6.07, 6.45) is 0.0231. The molecule has 0 spiro atoms.